The maximum Gasteiger partial charge on any atom is 0.253 e. The second-order valence-corrected chi connectivity index (χ2v) is 4.04. The summed E-state index contributed by atoms with van der Waals surface area (Å²) < 4.78 is 0. The van der Waals surface area contributed by atoms with E-state index in [2.05, 4.69) is 20.8 Å². The molecule has 1 heterocycles. The van der Waals surface area contributed by atoms with E-state index in [9.17, 15) is 4.79 Å². The number of benzene rings is 1. The van der Waals surface area contributed by atoms with Crippen LogP contribution in [-0.4, -0.2) is 35.7 Å². The van der Waals surface area contributed by atoms with Crippen LogP contribution in [0.15, 0.2) is 24.4 Å². The molecule has 2 aromatic rings. The SMILES string of the molecule is CNC(C)CNC(=O)c1cccc2cn[nH]c12.Cl. The van der Waals surface area contributed by atoms with Gasteiger partial charge in [0.15, 0.2) is 0 Å². The van der Waals surface area contributed by atoms with E-state index in [1.54, 1.807) is 12.3 Å². The third-order valence-corrected chi connectivity index (χ3v) is 2.78. The van der Waals surface area contributed by atoms with E-state index in [1.165, 1.54) is 0 Å². The Morgan fingerprint density at radius 1 is 1.50 bits per heavy atom. The van der Waals surface area contributed by atoms with E-state index in [4.69, 9.17) is 0 Å². The summed E-state index contributed by atoms with van der Waals surface area (Å²) in [6, 6.07) is 5.82. The first-order valence-corrected chi connectivity index (χ1v) is 5.60. The van der Waals surface area contributed by atoms with Gasteiger partial charge in [0.1, 0.15) is 0 Å². The maximum atomic E-state index is 12.0. The van der Waals surface area contributed by atoms with Gasteiger partial charge in [-0.2, -0.15) is 5.10 Å². The lowest BCUT2D eigenvalue weighted by Gasteiger charge is -2.11. The number of amides is 1. The van der Waals surface area contributed by atoms with Gasteiger partial charge in [0, 0.05) is 18.0 Å². The first-order valence-electron chi connectivity index (χ1n) is 5.60. The molecule has 1 amide bonds. The zero-order valence-electron chi connectivity index (χ0n) is 10.4. The highest BCUT2D eigenvalue weighted by Crippen LogP contribution is 2.15. The topological polar surface area (TPSA) is 69.8 Å². The maximum absolute atomic E-state index is 12.0. The van der Waals surface area contributed by atoms with Gasteiger partial charge >= 0.3 is 0 Å². The van der Waals surface area contributed by atoms with Gasteiger partial charge < -0.3 is 10.6 Å². The van der Waals surface area contributed by atoms with Gasteiger partial charge in [-0.05, 0) is 20.0 Å². The highest BCUT2D eigenvalue weighted by atomic mass is 35.5. The van der Waals surface area contributed by atoms with E-state index in [-0.39, 0.29) is 24.4 Å². The number of H-pyrrole nitrogens is 1. The predicted octanol–water partition coefficient (Wildman–Crippen LogP) is 1.32. The molecular formula is C12H17ClN4O. The number of fused-ring (bicyclic) bond motifs is 1. The zero-order valence-corrected chi connectivity index (χ0v) is 11.2. The standard InChI is InChI=1S/C12H16N4O.ClH/c1-8(13-2)6-14-12(17)10-5-3-4-9-7-15-16-11(9)10;/h3-5,7-8,13H,6H2,1-2H3,(H,14,17)(H,15,16);1H. The second-order valence-electron chi connectivity index (χ2n) is 4.04. The van der Waals surface area contributed by atoms with Gasteiger partial charge in [-0.15, -0.1) is 12.4 Å². The summed E-state index contributed by atoms with van der Waals surface area (Å²) in [6.45, 7) is 2.61. The molecule has 1 aromatic heterocycles. The Hall–Kier alpha value is -1.59. The van der Waals surface area contributed by atoms with Crippen molar-refractivity contribution in [3.63, 3.8) is 0 Å². The van der Waals surface area contributed by atoms with E-state index < -0.39 is 0 Å². The van der Waals surface area contributed by atoms with E-state index in [0.717, 1.165) is 10.9 Å². The number of rotatable bonds is 4. The molecule has 0 saturated carbocycles. The summed E-state index contributed by atoms with van der Waals surface area (Å²) >= 11 is 0. The molecule has 2 rings (SSSR count). The third-order valence-electron chi connectivity index (χ3n) is 2.78. The summed E-state index contributed by atoms with van der Waals surface area (Å²) in [5.74, 6) is -0.0815. The predicted molar refractivity (Wildman–Crippen MR) is 74.2 cm³/mol. The van der Waals surface area contributed by atoms with Crippen molar-refractivity contribution in [3.8, 4) is 0 Å². The number of carbonyl (C=O) groups excluding carboxylic acids is 1. The summed E-state index contributed by atoms with van der Waals surface area (Å²) in [6.07, 6.45) is 1.71. The molecule has 0 spiro atoms. The quantitative estimate of drug-likeness (QED) is 0.783. The third kappa shape index (κ3) is 3.00. The minimum Gasteiger partial charge on any atom is -0.350 e. The van der Waals surface area contributed by atoms with Crippen molar-refractivity contribution in [2.45, 2.75) is 13.0 Å². The molecule has 0 aliphatic rings. The normalized spacial score (nSPS) is 11.9. The van der Waals surface area contributed by atoms with Crippen molar-refractivity contribution in [2.75, 3.05) is 13.6 Å². The molecule has 98 valence electrons. The Morgan fingerprint density at radius 2 is 2.28 bits per heavy atom. The van der Waals surface area contributed by atoms with E-state index in [0.29, 0.717) is 12.1 Å². The minimum atomic E-state index is -0.0815. The van der Waals surface area contributed by atoms with Crippen molar-refractivity contribution in [3.05, 3.63) is 30.0 Å². The number of carbonyl (C=O) groups is 1. The van der Waals surface area contributed by atoms with Crippen molar-refractivity contribution >= 4 is 29.2 Å². The molecule has 1 aromatic carbocycles. The largest absolute Gasteiger partial charge is 0.350 e. The fraction of sp³-hybridized carbons (Fsp3) is 0.333. The molecule has 0 aliphatic heterocycles. The number of nitrogens with one attached hydrogen (secondary N) is 3. The molecule has 0 bridgehead atoms. The molecule has 0 aliphatic carbocycles. The number of hydrogen-bond donors (Lipinski definition) is 3. The Kier molecular flexibility index (Phi) is 5.12. The minimum absolute atomic E-state index is 0. The molecule has 5 nitrogen and oxygen atoms in total. The van der Waals surface area contributed by atoms with Gasteiger partial charge in [-0.25, -0.2) is 0 Å². The van der Waals surface area contributed by atoms with Crippen molar-refractivity contribution < 1.29 is 4.79 Å². The number of aromatic amines is 1. The molecule has 1 unspecified atom stereocenters. The van der Waals surface area contributed by atoms with Crippen molar-refractivity contribution in [2.24, 2.45) is 0 Å². The average Bonchev–Trinajstić information content (AvgIpc) is 2.83. The van der Waals surface area contributed by atoms with E-state index >= 15 is 0 Å². The van der Waals surface area contributed by atoms with Crippen LogP contribution in [0, 0.1) is 0 Å². The number of nitrogens with zero attached hydrogens (tertiary/aromatic N) is 1. The molecular weight excluding hydrogens is 252 g/mol. The lowest BCUT2D eigenvalue weighted by atomic mass is 10.1. The molecule has 0 fully saturated rings. The Morgan fingerprint density at radius 3 is 3.00 bits per heavy atom. The smallest absolute Gasteiger partial charge is 0.253 e. The summed E-state index contributed by atoms with van der Waals surface area (Å²) in [4.78, 5) is 12.0. The monoisotopic (exact) mass is 268 g/mol. The van der Waals surface area contributed by atoms with Crippen LogP contribution in [-0.2, 0) is 0 Å². The molecule has 3 N–H and O–H groups in total. The van der Waals surface area contributed by atoms with Crippen LogP contribution in [0.5, 0.6) is 0 Å². The molecule has 0 radical (unpaired) electrons. The van der Waals surface area contributed by atoms with Crippen LogP contribution in [0.3, 0.4) is 0 Å². The lowest BCUT2D eigenvalue weighted by Crippen LogP contribution is -2.37. The molecule has 0 saturated heterocycles. The second kappa shape index (κ2) is 6.37. The van der Waals surface area contributed by atoms with Gasteiger partial charge in [0.2, 0.25) is 0 Å². The highest BCUT2D eigenvalue weighted by Gasteiger charge is 2.11. The average molecular weight is 269 g/mol. The number of halogens is 1. The van der Waals surface area contributed by atoms with Crippen molar-refractivity contribution in [1.82, 2.24) is 20.8 Å². The van der Waals surface area contributed by atoms with Crippen LogP contribution >= 0.6 is 12.4 Å². The zero-order chi connectivity index (χ0) is 12.3. The van der Waals surface area contributed by atoms with Gasteiger partial charge in [0.05, 0.1) is 17.3 Å². The summed E-state index contributed by atoms with van der Waals surface area (Å²) in [5.41, 5.74) is 1.41. The van der Waals surface area contributed by atoms with Crippen LogP contribution in [0.25, 0.3) is 10.9 Å². The van der Waals surface area contributed by atoms with Gasteiger partial charge in [-0.1, -0.05) is 12.1 Å². The molecule has 18 heavy (non-hydrogen) atoms. The number of hydrogen-bond acceptors (Lipinski definition) is 3. The van der Waals surface area contributed by atoms with Crippen molar-refractivity contribution in [1.29, 1.82) is 0 Å². The Bertz CT molecular complexity index is 526. The van der Waals surface area contributed by atoms with Crippen LogP contribution < -0.4 is 10.6 Å². The van der Waals surface area contributed by atoms with E-state index in [1.807, 2.05) is 26.1 Å². The number of para-hydroxylation sites is 1. The number of aromatic nitrogens is 2. The van der Waals surface area contributed by atoms with Crippen LogP contribution in [0.1, 0.15) is 17.3 Å². The molecule has 6 heteroatoms. The van der Waals surface area contributed by atoms with Gasteiger partial charge in [-0.3, -0.25) is 9.89 Å². The van der Waals surface area contributed by atoms with Crippen LogP contribution in [0.2, 0.25) is 0 Å². The van der Waals surface area contributed by atoms with Crippen LogP contribution in [0.4, 0.5) is 0 Å². The fourth-order valence-electron chi connectivity index (χ4n) is 1.60. The highest BCUT2D eigenvalue weighted by molar-refractivity contribution is 6.05. The van der Waals surface area contributed by atoms with Gasteiger partial charge in [0.25, 0.3) is 5.91 Å². The fourth-order valence-corrected chi connectivity index (χ4v) is 1.60. The summed E-state index contributed by atoms with van der Waals surface area (Å²) in [7, 11) is 1.87. The number of likely N-dealkylation sites (N-methyl/N-ethyl adjacent to an activating group) is 1. The summed E-state index contributed by atoms with van der Waals surface area (Å²) in [5, 5.41) is 13.7. The lowest BCUT2D eigenvalue weighted by molar-refractivity contribution is 0.0952. The Labute approximate surface area is 112 Å². The first-order chi connectivity index (χ1) is 8.22. The first kappa shape index (κ1) is 14.5. The Balaban J connectivity index is 0.00000162. The molecule has 1 atom stereocenters.